The molecule has 0 saturated heterocycles. The van der Waals surface area contributed by atoms with Crippen molar-refractivity contribution in [3.05, 3.63) is 133 Å². The summed E-state index contributed by atoms with van der Waals surface area (Å²) in [6.45, 7) is 2.70. The summed E-state index contributed by atoms with van der Waals surface area (Å²) in [5.74, 6) is -0.165. The molecule has 38 heavy (non-hydrogen) atoms. The lowest BCUT2D eigenvalue weighted by molar-refractivity contribution is 0.0730. The Morgan fingerprint density at radius 1 is 0.974 bits per heavy atom. The van der Waals surface area contributed by atoms with Crippen molar-refractivity contribution < 1.29 is 4.79 Å². The van der Waals surface area contributed by atoms with Crippen LogP contribution in [-0.2, 0) is 19.4 Å². The molecule has 0 atom stereocenters. The topological polar surface area (TPSA) is 59.6 Å². The van der Waals surface area contributed by atoms with Crippen LogP contribution in [0.15, 0.2) is 83.8 Å². The zero-order chi connectivity index (χ0) is 26.4. The SMILES string of the molecule is Cc1ccc(-n2c(=O)c3c(n4ncc(Cc5ccccc5)c24)CN(C(=O)c2ccc(Cl)c(Cl)c2)CC3)cc1. The van der Waals surface area contributed by atoms with Crippen molar-refractivity contribution in [1.82, 2.24) is 19.1 Å². The monoisotopic (exact) mass is 542 g/mol. The van der Waals surface area contributed by atoms with E-state index >= 15 is 0 Å². The molecule has 1 aliphatic heterocycles. The molecule has 3 aromatic carbocycles. The first kappa shape index (κ1) is 24.5. The zero-order valence-corrected chi connectivity index (χ0v) is 22.2. The van der Waals surface area contributed by atoms with Crippen LogP contribution in [0.4, 0.5) is 0 Å². The van der Waals surface area contributed by atoms with Gasteiger partial charge in [0.25, 0.3) is 11.5 Å². The molecule has 3 heterocycles. The van der Waals surface area contributed by atoms with Crippen LogP contribution in [0, 0.1) is 6.92 Å². The van der Waals surface area contributed by atoms with Gasteiger partial charge in [-0.15, -0.1) is 0 Å². The van der Waals surface area contributed by atoms with E-state index in [0.717, 1.165) is 28.1 Å². The van der Waals surface area contributed by atoms with Crippen molar-refractivity contribution >= 4 is 34.8 Å². The molecule has 0 N–H and O–H groups in total. The fourth-order valence-electron chi connectivity index (χ4n) is 5.07. The first-order valence-corrected chi connectivity index (χ1v) is 13.1. The Bertz CT molecular complexity index is 1740. The lowest BCUT2D eigenvalue weighted by Gasteiger charge is -2.29. The van der Waals surface area contributed by atoms with Gasteiger partial charge in [-0.2, -0.15) is 5.10 Å². The standard InChI is InChI=1S/C30H24Cl2N4O2/c1-19-7-10-23(11-8-19)35-28-22(15-20-5-3-2-4-6-20)17-33-36(28)27-18-34(14-13-24(27)30(35)38)29(37)21-9-12-25(31)26(32)16-21/h2-12,16-17H,13-15,18H2,1H3. The number of fused-ring (bicyclic) bond motifs is 3. The van der Waals surface area contributed by atoms with Crippen molar-refractivity contribution in [2.75, 3.05) is 6.54 Å². The molecule has 190 valence electrons. The molecule has 0 radical (unpaired) electrons. The molecule has 2 aromatic heterocycles. The Morgan fingerprint density at radius 2 is 1.74 bits per heavy atom. The van der Waals surface area contributed by atoms with Gasteiger partial charge in [-0.25, -0.2) is 4.52 Å². The summed E-state index contributed by atoms with van der Waals surface area (Å²) < 4.78 is 3.60. The van der Waals surface area contributed by atoms with E-state index in [-0.39, 0.29) is 18.0 Å². The van der Waals surface area contributed by atoms with Crippen LogP contribution in [0.5, 0.6) is 0 Å². The van der Waals surface area contributed by atoms with Gasteiger partial charge in [-0.3, -0.25) is 14.2 Å². The third-order valence-electron chi connectivity index (χ3n) is 7.05. The Kier molecular flexibility index (Phi) is 6.30. The number of hydrogen-bond acceptors (Lipinski definition) is 3. The maximum absolute atomic E-state index is 14.0. The van der Waals surface area contributed by atoms with E-state index in [1.54, 1.807) is 27.7 Å². The number of aryl methyl sites for hydroxylation is 1. The second-order valence-corrected chi connectivity index (χ2v) is 10.4. The molecule has 1 amide bonds. The number of halogens is 2. The average molecular weight is 543 g/mol. The van der Waals surface area contributed by atoms with Gasteiger partial charge in [0.15, 0.2) is 0 Å². The van der Waals surface area contributed by atoms with Crippen molar-refractivity contribution in [1.29, 1.82) is 0 Å². The van der Waals surface area contributed by atoms with Gasteiger partial charge in [0.2, 0.25) is 0 Å². The molecule has 8 heteroatoms. The van der Waals surface area contributed by atoms with E-state index < -0.39 is 0 Å². The highest BCUT2D eigenvalue weighted by molar-refractivity contribution is 6.42. The number of hydrogen-bond donors (Lipinski definition) is 0. The van der Waals surface area contributed by atoms with Crippen LogP contribution in [0.3, 0.4) is 0 Å². The molecule has 0 spiro atoms. The second-order valence-electron chi connectivity index (χ2n) is 9.57. The van der Waals surface area contributed by atoms with Crippen LogP contribution < -0.4 is 5.56 Å². The predicted molar refractivity (Wildman–Crippen MR) is 150 cm³/mol. The minimum Gasteiger partial charge on any atom is -0.332 e. The third-order valence-corrected chi connectivity index (χ3v) is 7.79. The van der Waals surface area contributed by atoms with Crippen molar-refractivity contribution in [3.8, 4) is 5.69 Å². The molecule has 5 aromatic rings. The summed E-state index contributed by atoms with van der Waals surface area (Å²) in [6, 6.07) is 22.9. The molecular weight excluding hydrogens is 519 g/mol. The summed E-state index contributed by atoms with van der Waals surface area (Å²) in [7, 11) is 0. The van der Waals surface area contributed by atoms with Crippen LogP contribution in [-0.4, -0.2) is 31.5 Å². The van der Waals surface area contributed by atoms with Crippen molar-refractivity contribution in [2.45, 2.75) is 26.3 Å². The highest BCUT2D eigenvalue weighted by Gasteiger charge is 2.29. The molecule has 1 aliphatic rings. The van der Waals surface area contributed by atoms with Gasteiger partial charge in [0.05, 0.1) is 34.2 Å². The van der Waals surface area contributed by atoms with Gasteiger partial charge in [0, 0.05) is 29.7 Å². The van der Waals surface area contributed by atoms with E-state index in [0.29, 0.717) is 46.2 Å². The number of nitrogens with zero attached hydrogens (tertiary/aromatic N) is 4. The summed E-state index contributed by atoms with van der Waals surface area (Å²) in [4.78, 5) is 29.1. The largest absolute Gasteiger partial charge is 0.332 e. The fraction of sp³-hybridized carbons (Fsp3) is 0.167. The highest BCUT2D eigenvalue weighted by atomic mass is 35.5. The summed E-state index contributed by atoms with van der Waals surface area (Å²) >= 11 is 12.2. The lowest BCUT2D eigenvalue weighted by atomic mass is 10.0. The number of benzene rings is 3. The molecule has 6 nitrogen and oxygen atoms in total. The Balaban J connectivity index is 1.49. The van der Waals surface area contributed by atoms with Crippen molar-refractivity contribution in [3.63, 3.8) is 0 Å². The maximum atomic E-state index is 14.0. The zero-order valence-electron chi connectivity index (χ0n) is 20.7. The molecule has 0 fully saturated rings. The quantitative estimate of drug-likeness (QED) is 0.284. The van der Waals surface area contributed by atoms with Crippen LogP contribution in [0.25, 0.3) is 11.3 Å². The Morgan fingerprint density at radius 3 is 2.47 bits per heavy atom. The van der Waals surface area contributed by atoms with Gasteiger partial charge < -0.3 is 4.90 Å². The summed E-state index contributed by atoms with van der Waals surface area (Å²) in [5.41, 5.74) is 6.46. The first-order chi connectivity index (χ1) is 18.4. The van der Waals surface area contributed by atoms with E-state index in [1.165, 1.54) is 0 Å². The smallest absolute Gasteiger partial charge is 0.261 e. The lowest BCUT2D eigenvalue weighted by Crippen LogP contribution is -2.41. The number of carbonyl (C=O) groups excluding carboxylic acids is 1. The van der Waals surface area contributed by atoms with Gasteiger partial charge >= 0.3 is 0 Å². The molecule has 0 unspecified atom stereocenters. The third kappa shape index (κ3) is 4.30. The Labute approximate surface area is 229 Å². The molecule has 0 saturated carbocycles. The van der Waals surface area contributed by atoms with Crippen LogP contribution in [0.1, 0.15) is 38.3 Å². The van der Waals surface area contributed by atoms with Crippen LogP contribution in [0.2, 0.25) is 10.0 Å². The maximum Gasteiger partial charge on any atom is 0.261 e. The first-order valence-electron chi connectivity index (χ1n) is 12.4. The fourth-order valence-corrected chi connectivity index (χ4v) is 5.37. The molecule has 6 rings (SSSR count). The second kappa shape index (κ2) is 9.78. The number of rotatable bonds is 4. The molecular formula is C30H24Cl2N4O2. The van der Waals surface area contributed by atoms with E-state index in [4.69, 9.17) is 28.3 Å². The minimum atomic E-state index is -0.165. The summed E-state index contributed by atoms with van der Waals surface area (Å²) in [5, 5.41) is 5.47. The van der Waals surface area contributed by atoms with Crippen molar-refractivity contribution in [2.24, 2.45) is 0 Å². The van der Waals surface area contributed by atoms with E-state index in [2.05, 4.69) is 12.1 Å². The minimum absolute atomic E-state index is 0.0761. The van der Waals surface area contributed by atoms with E-state index in [9.17, 15) is 9.59 Å². The number of amides is 1. The number of aromatic nitrogens is 3. The Hall–Kier alpha value is -3.87. The van der Waals surface area contributed by atoms with Gasteiger partial charge in [-0.1, -0.05) is 71.2 Å². The van der Waals surface area contributed by atoms with Gasteiger partial charge in [0.1, 0.15) is 5.65 Å². The highest BCUT2D eigenvalue weighted by Crippen LogP contribution is 2.27. The summed E-state index contributed by atoms with van der Waals surface area (Å²) in [6.07, 6.45) is 2.88. The van der Waals surface area contributed by atoms with Crippen LogP contribution >= 0.6 is 23.2 Å². The average Bonchev–Trinajstić information content (AvgIpc) is 3.34. The molecule has 0 bridgehead atoms. The van der Waals surface area contributed by atoms with Gasteiger partial charge in [-0.05, 0) is 49.2 Å². The molecule has 0 aliphatic carbocycles. The van der Waals surface area contributed by atoms with E-state index in [1.807, 2.05) is 60.1 Å². The predicted octanol–water partition coefficient (Wildman–Crippen LogP) is 5.89. The number of carbonyl (C=O) groups is 1. The normalized spacial score (nSPS) is 13.1.